The van der Waals surface area contributed by atoms with E-state index in [2.05, 4.69) is 17.2 Å². The molecular weight excluding hydrogens is 271 g/mol. The number of carbonyl (C=O) groups is 1. The predicted molar refractivity (Wildman–Crippen MR) is 68.1 cm³/mol. The molecule has 108 valence electrons. The van der Waals surface area contributed by atoms with Gasteiger partial charge in [-0.05, 0) is 24.6 Å². The van der Waals surface area contributed by atoms with Crippen molar-refractivity contribution < 1.29 is 23.1 Å². The smallest absolute Gasteiger partial charge is 0.384 e. The van der Waals surface area contributed by atoms with Crippen molar-refractivity contribution >= 4 is 5.91 Å². The Morgan fingerprint density at radius 2 is 2.10 bits per heavy atom. The number of aliphatic hydroxyl groups is 1. The van der Waals surface area contributed by atoms with E-state index in [4.69, 9.17) is 5.11 Å². The zero-order valence-corrected chi connectivity index (χ0v) is 10.8. The van der Waals surface area contributed by atoms with Crippen LogP contribution in [-0.2, 0) is 0 Å². The molecule has 0 unspecified atom stereocenters. The van der Waals surface area contributed by atoms with Crippen LogP contribution < -0.4 is 5.32 Å². The first-order chi connectivity index (χ1) is 9.35. The average molecular weight is 285 g/mol. The van der Waals surface area contributed by atoms with Crippen molar-refractivity contribution in [3.8, 4) is 11.8 Å². The number of aliphatic hydroxyl groups excluding tert-OH is 1. The summed E-state index contributed by atoms with van der Waals surface area (Å²) in [5, 5.41) is 10.9. The van der Waals surface area contributed by atoms with Crippen molar-refractivity contribution in [3.05, 3.63) is 34.9 Å². The van der Waals surface area contributed by atoms with Crippen LogP contribution in [0.2, 0.25) is 0 Å². The van der Waals surface area contributed by atoms with Gasteiger partial charge >= 0.3 is 6.18 Å². The number of nitrogens with one attached hydrogen (secondary N) is 1. The molecule has 1 amide bonds. The maximum atomic E-state index is 12.0. The van der Waals surface area contributed by atoms with Crippen LogP contribution in [0, 0.1) is 18.8 Å². The van der Waals surface area contributed by atoms with Crippen molar-refractivity contribution in [2.45, 2.75) is 19.5 Å². The Hall–Kier alpha value is -2.00. The quantitative estimate of drug-likeness (QED) is 0.835. The zero-order chi connectivity index (χ0) is 15.2. The second kappa shape index (κ2) is 6.96. The molecular formula is C14H14F3NO2. The summed E-state index contributed by atoms with van der Waals surface area (Å²) in [4.78, 5) is 11.8. The minimum absolute atomic E-state index is 0.275. The maximum absolute atomic E-state index is 12.0. The highest BCUT2D eigenvalue weighted by Gasteiger charge is 2.26. The molecule has 0 saturated heterocycles. The lowest BCUT2D eigenvalue weighted by atomic mass is 10.0. The van der Waals surface area contributed by atoms with Gasteiger partial charge in [-0.15, -0.1) is 0 Å². The summed E-state index contributed by atoms with van der Waals surface area (Å²) in [7, 11) is 0. The van der Waals surface area contributed by atoms with Gasteiger partial charge in [0.2, 0.25) is 0 Å². The summed E-state index contributed by atoms with van der Waals surface area (Å²) < 4.78 is 36.0. The number of hydrogen-bond acceptors (Lipinski definition) is 2. The Morgan fingerprint density at radius 3 is 2.70 bits per heavy atom. The molecule has 0 spiro atoms. The van der Waals surface area contributed by atoms with Gasteiger partial charge in [-0.3, -0.25) is 4.79 Å². The highest BCUT2D eigenvalue weighted by atomic mass is 19.4. The number of alkyl halides is 3. The number of carbonyl (C=O) groups excluding carboxylic acids is 1. The van der Waals surface area contributed by atoms with E-state index in [-0.39, 0.29) is 12.2 Å². The van der Waals surface area contributed by atoms with Crippen LogP contribution in [0.5, 0.6) is 0 Å². The molecule has 0 aliphatic carbocycles. The fourth-order valence-corrected chi connectivity index (χ4v) is 1.56. The summed E-state index contributed by atoms with van der Waals surface area (Å²) in [5.74, 6) is 4.57. The summed E-state index contributed by atoms with van der Waals surface area (Å²) >= 11 is 0. The van der Waals surface area contributed by atoms with E-state index in [1.165, 1.54) is 6.07 Å². The van der Waals surface area contributed by atoms with Crippen LogP contribution in [-0.4, -0.2) is 30.3 Å². The van der Waals surface area contributed by atoms with E-state index in [1.807, 2.05) is 0 Å². The first-order valence-corrected chi connectivity index (χ1v) is 5.89. The number of halogens is 3. The molecule has 0 saturated carbocycles. The van der Waals surface area contributed by atoms with E-state index < -0.39 is 25.0 Å². The Bertz CT molecular complexity index is 542. The second-order valence-electron chi connectivity index (χ2n) is 4.06. The molecule has 1 aromatic rings. The molecule has 0 aliphatic heterocycles. The van der Waals surface area contributed by atoms with Gasteiger partial charge in [0, 0.05) is 17.7 Å². The largest absolute Gasteiger partial charge is 0.390 e. The van der Waals surface area contributed by atoms with Gasteiger partial charge in [-0.1, -0.05) is 17.9 Å². The minimum atomic E-state index is -4.29. The lowest BCUT2D eigenvalue weighted by molar-refractivity contribution is -0.132. The number of amides is 1. The Balaban J connectivity index is 2.78. The average Bonchev–Trinajstić information content (AvgIpc) is 2.36. The van der Waals surface area contributed by atoms with Crippen LogP contribution in [0.4, 0.5) is 13.2 Å². The topological polar surface area (TPSA) is 49.3 Å². The maximum Gasteiger partial charge on any atom is 0.390 e. The minimum Gasteiger partial charge on any atom is -0.384 e. The third-order valence-corrected chi connectivity index (χ3v) is 2.57. The normalized spacial score (nSPS) is 10.7. The molecule has 0 aromatic heterocycles. The molecule has 2 N–H and O–H groups in total. The fourth-order valence-electron chi connectivity index (χ4n) is 1.56. The molecule has 0 heterocycles. The van der Waals surface area contributed by atoms with Gasteiger partial charge < -0.3 is 10.4 Å². The summed E-state index contributed by atoms with van der Waals surface area (Å²) in [6.45, 7) is 0.885. The zero-order valence-electron chi connectivity index (χ0n) is 10.8. The number of rotatable bonds is 3. The standard InChI is InChI=1S/C14H14F3NO2/c1-10-11(5-3-9-19)4-2-6-12(10)13(20)18-8-7-14(15,16)17/h2,4,6,19H,7-9H2,1H3,(H,18,20). The monoisotopic (exact) mass is 285 g/mol. The summed E-state index contributed by atoms with van der Waals surface area (Å²) in [5.41, 5.74) is 1.40. The van der Waals surface area contributed by atoms with E-state index in [0.717, 1.165) is 0 Å². The molecule has 1 aromatic carbocycles. The van der Waals surface area contributed by atoms with Crippen molar-refractivity contribution in [1.82, 2.24) is 5.32 Å². The van der Waals surface area contributed by atoms with Crippen molar-refractivity contribution in [2.24, 2.45) is 0 Å². The van der Waals surface area contributed by atoms with Gasteiger partial charge in [-0.25, -0.2) is 0 Å². The third kappa shape index (κ3) is 4.94. The van der Waals surface area contributed by atoms with Gasteiger partial charge in [-0.2, -0.15) is 13.2 Å². The first kappa shape index (κ1) is 16.1. The van der Waals surface area contributed by atoms with Crippen LogP contribution in [0.15, 0.2) is 18.2 Å². The summed E-state index contributed by atoms with van der Waals surface area (Å²) in [6.07, 6.45) is -5.36. The molecule has 20 heavy (non-hydrogen) atoms. The van der Waals surface area contributed by atoms with E-state index >= 15 is 0 Å². The molecule has 0 atom stereocenters. The van der Waals surface area contributed by atoms with Gasteiger partial charge in [0.05, 0.1) is 6.42 Å². The SMILES string of the molecule is Cc1c(C#CCO)cccc1C(=O)NCCC(F)(F)F. The third-order valence-electron chi connectivity index (χ3n) is 2.57. The van der Waals surface area contributed by atoms with Crippen molar-refractivity contribution in [3.63, 3.8) is 0 Å². The summed E-state index contributed by atoms with van der Waals surface area (Å²) in [6, 6.07) is 4.78. The highest BCUT2D eigenvalue weighted by Crippen LogP contribution is 2.18. The van der Waals surface area contributed by atoms with Crippen molar-refractivity contribution in [2.75, 3.05) is 13.2 Å². The van der Waals surface area contributed by atoms with E-state index in [1.54, 1.807) is 19.1 Å². The molecule has 0 bridgehead atoms. The van der Waals surface area contributed by atoms with Crippen LogP contribution >= 0.6 is 0 Å². The molecule has 0 fully saturated rings. The second-order valence-corrected chi connectivity index (χ2v) is 4.06. The van der Waals surface area contributed by atoms with Gasteiger partial charge in [0.25, 0.3) is 5.91 Å². The lowest BCUT2D eigenvalue weighted by Crippen LogP contribution is -2.28. The first-order valence-electron chi connectivity index (χ1n) is 5.89. The van der Waals surface area contributed by atoms with Crippen molar-refractivity contribution in [1.29, 1.82) is 0 Å². The lowest BCUT2D eigenvalue weighted by Gasteiger charge is -2.10. The highest BCUT2D eigenvalue weighted by molar-refractivity contribution is 5.96. The fraction of sp³-hybridized carbons (Fsp3) is 0.357. The predicted octanol–water partition coefficient (Wildman–Crippen LogP) is 2.02. The van der Waals surface area contributed by atoms with E-state index in [9.17, 15) is 18.0 Å². The Morgan fingerprint density at radius 1 is 1.40 bits per heavy atom. The Kier molecular flexibility index (Phi) is 5.59. The molecule has 6 heteroatoms. The van der Waals surface area contributed by atoms with Crippen LogP contribution in [0.25, 0.3) is 0 Å². The van der Waals surface area contributed by atoms with Crippen LogP contribution in [0.1, 0.15) is 27.9 Å². The molecule has 3 nitrogen and oxygen atoms in total. The Labute approximate surface area is 114 Å². The van der Waals surface area contributed by atoms with Crippen LogP contribution in [0.3, 0.4) is 0 Å². The number of benzene rings is 1. The van der Waals surface area contributed by atoms with Gasteiger partial charge in [0.15, 0.2) is 0 Å². The number of hydrogen-bond donors (Lipinski definition) is 2. The molecule has 1 rings (SSSR count). The van der Waals surface area contributed by atoms with E-state index in [0.29, 0.717) is 11.1 Å². The van der Waals surface area contributed by atoms with Gasteiger partial charge in [0.1, 0.15) is 6.61 Å². The molecule has 0 radical (unpaired) electrons. The molecule has 0 aliphatic rings.